The first kappa shape index (κ1) is 19.1. The number of thiophene rings is 1. The number of benzene rings is 1. The summed E-state index contributed by atoms with van der Waals surface area (Å²) in [7, 11) is -4.08. The maximum absolute atomic E-state index is 13.5. The van der Waals surface area contributed by atoms with Crippen molar-refractivity contribution in [3.63, 3.8) is 0 Å². The Labute approximate surface area is 166 Å². The van der Waals surface area contributed by atoms with Crippen LogP contribution in [0.15, 0.2) is 46.8 Å². The molecular weight excluding hydrogens is 403 g/mol. The molecule has 0 radical (unpaired) electrons. The van der Waals surface area contributed by atoms with Gasteiger partial charge in [-0.15, -0.1) is 11.3 Å². The van der Waals surface area contributed by atoms with Gasteiger partial charge in [-0.05, 0) is 42.0 Å². The van der Waals surface area contributed by atoms with Gasteiger partial charge in [-0.2, -0.15) is 0 Å². The maximum Gasteiger partial charge on any atom is 0.270 e. The van der Waals surface area contributed by atoms with Crippen molar-refractivity contribution in [2.75, 3.05) is 17.5 Å². The first-order valence-corrected chi connectivity index (χ1v) is 11.2. The summed E-state index contributed by atoms with van der Waals surface area (Å²) in [5, 5.41) is 4.61. The molecule has 2 aliphatic rings. The van der Waals surface area contributed by atoms with E-state index >= 15 is 0 Å². The van der Waals surface area contributed by atoms with Crippen LogP contribution in [0, 0.1) is 5.82 Å². The fraction of sp³-hybridized carbons (Fsp3) is 0.316. The molecule has 1 fully saturated rings. The second-order valence-electron chi connectivity index (χ2n) is 6.66. The molecule has 1 saturated heterocycles. The molecular formula is C19H19FN2O4S2. The zero-order valence-corrected chi connectivity index (χ0v) is 16.6. The summed E-state index contributed by atoms with van der Waals surface area (Å²) in [6, 6.07) is 7.37. The van der Waals surface area contributed by atoms with Gasteiger partial charge in [-0.25, -0.2) is 12.8 Å². The SMILES string of the molecule is O=C1/C(=C/NC[C@@H]2CCCO2)S(=O)(=O)N(Cc2cccc(F)c2)c2ccsc21. The van der Waals surface area contributed by atoms with E-state index in [1.165, 1.54) is 35.7 Å². The summed E-state index contributed by atoms with van der Waals surface area (Å²) >= 11 is 1.19. The number of ether oxygens (including phenoxy) is 1. The number of ketones is 1. The van der Waals surface area contributed by atoms with Gasteiger partial charge in [0.15, 0.2) is 4.91 Å². The average molecular weight is 423 g/mol. The summed E-state index contributed by atoms with van der Waals surface area (Å²) in [4.78, 5) is 12.8. The van der Waals surface area contributed by atoms with E-state index in [9.17, 15) is 17.6 Å². The summed E-state index contributed by atoms with van der Waals surface area (Å²) in [5.41, 5.74) is 0.831. The van der Waals surface area contributed by atoms with Crippen molar-refractivity contribution in [3.8, 4) is 0 Å². The van der Waals surface area contributed by atoms with E-state index in [1.54, 1.807) is 17.5 Å². The van der Waals surface area contributed by atoms with Gasteiger partial charge in [0.2, 0.25) is 5.78 Å². The van der Waals surface area contributed by atoms with E-state index in [-0.39, 0.29) is 17.6 Å². The zero-order chi connectivity index (χ0) is 19.7. The predicted octanol–water partition coefficient (Wildman–Crippen LogP) is 3.03. The van der Waals surface area contributed by atoms with E-state index in [4.69, 9.17) is 4.74 Å². The summed E-state index contributed by atoms with van der Waals surface area (Å²) in [5.74, 6) is -0.970. The lowest BCUT2D eigenvalue weighted by Gasteiger charge is -2.29. The second kappa shape index (κ2) is 7.65. The molecule has 2 aromatic rings. The number of halogens is 1. The first-order chi connectivity index (χ1) is 13.5. The molecule has 6 nitrogen and oxygen atoms in total. The van der Waals surface area contributed by atoms with Gasteiger partial charge in [-0.3, -0.25) is 9.10 Å². The Morgan fingerprint density at radius 2 is 2.21 bits per heavy atom. The molecule has 9 heteroatoms. The zero-order valence-electron chi connectivity index (χ0n) is 14.9. The predicted molar refractivity (Wildman–Crippen MR) is 105 cm³/mol. The van der Waals surface area contributed by atoms with Crippen molar-refractivity contribution in [2.24, 2.45) is 0 Å². The van der Waals surface area contributed by atoms with Crippen LogP contribution in [0.1, 0.15) is 28.1 Å². The Morgan fingerprint density at radius 1 is 1.36 bits per heavy atom. The third-order valence-electron chi connectivity index (χ3n) is 4.73. The highest BCUT2D eigenvalue weighted by atomic mass is 32.2. The first-order valence-electron chi connectivity index (χ1n) is 8.91. The Balaban J connectivity index is 1.65. The van der Waals surface area contributed by atoms with E-state index in [1.807, 2.05) is 0 Å². The molecule has 4 rings (SSSR count). The van der Waals surface area contributed by atoms with Gasteiger partial charge >= 0.3 is 0 Å². The number of hydrogen-bond donors (Lipinski definition) is 1. The highest BCUT2D eigenvalue weighted by Crippen LogP contribution is 2.39. The Hall–Kier alpha value is -2.23. The number of sulfonamides is 1. The number of hydrogen-bond acceptors (Lipinski definition) is 6. The van der Waals surface area contributed by atoms with Crippen LogP contribution in [0.2, 0.25) is 0 Å². The summed E-state index contributed by atoms with van der Waals surface area (Å²) in [6.07, 6.45) is 3.15. The Morgan fingerprint density at radius 3 is 2.96 bits per heavy atom. The number of nitrogens with zero attached hydrogens (tertiary/aromatic N) is 1. The molecule has 28 heavy (non-hydrogen) atoms. The smallest absolute Gasteiger partial charge is 0.270 e. The van der Waals surface area contributed by atoms with Crippen molar-refractivity contribution in [1.29, 1.82) is 0 Å². The second-order valence-corrected chi connectivity index (χ2v) is 9.40. The van der Waals surface area contributed by atoms with E-state index in [2.05, 4.69) is 5.32 Å². The Kier molecular flexibility index (Phi) is 5.22. The summed E-state index contributed by atoms with van der Waals surface area (Å²) in [6.45, 7) is 1.08. The Bertz CT molecular complexity index is 1030. The number of rotatable bonds is 5. The third kappa shape index (κ3) is 3.57. The molecule has 0 aliphatic carbocycles. The molecule has 3 heterocycles. The van der Waals surface area contributed by atoms with Crippen LogP contribution in [0.3, 0.4) is 0 Å². The molecule has 148 valence electrons. The molecule has 0 saturated carbocycles. The molecule has 0 spiro atoms. The largest absolute Gasteiger partial charge is 0.387 e. The van der Waals surface area contributed by atoms with Gasteiger partial charge in [-0.1, -0.05) is 12.1 Å². The van der Waals surface area contributed by atoms with Crippen LogP contribution in [0.5, 0.6) is 0 Å². The molecule has 0 amide bonds. The highest BCUT2D eigenvalue weighted by Gasteiger charge is 2.41. The quantitative estimate of drug-likeness (QED) is 0.750. The van der Waals surface area contributed by atoms with E-state index < -0.39 is 21.6 Å². The topological polar surface area (TPSA) is 75.7 Å². The van der Waals surface area contributed by atoms with Gasteiger partial charge in [0, 0.05) is 19.4 Å². The normalized spacial score (nSPS) is 22.5. The van der Waals surface area contributed by atoms with Crippen molar-refractivity contribution in [1.82, 2.24) is 5.32 Å². The van der Waals surface area contributed by atoms with Crippen LogP contribution in [0.4, 0.5) is 10.1 Å². The van der Waals surface area contributed by atoms with Crippen molar-refractivity contribution in [3.05, 3.63) is 63.1 Å². The minimum absolute atomic E-state index is 0.0129. The van der Waals surface area contributed by atoms with Gasteiger partial charge < -0.3 is 10.1 Å². The number of nitrogens with one attached hydrogen (secondary N) is 1. The van der Waals surface area contributed by atoms with Crippen molar-refractivity contribution in [2.45, 2.75) is 25.5 Å². The summed E-state index contributed by atoms with van der Waals surface area (Å²) < 4.78 is 46.6. The fourth-order valence-corrected chi connectivity index (χ4v) is 5.85. The fourth-order valence-electron chi connectivity index (χ4n) is 3.35. The minimum Gasteiger partial charge on any atom is -0.387 e. The number of Topliss-reactive ketones (excluding diaryl/α,β-unsaturated/α-hetero) is 1. The molecule has 1 aromatic heterocycles. The monoisotopic (exact) mass is 422 g/mol. The number of allylic oxidation sites excluding steroid dienone is 1. The van der Waals surface area contributed by atoms with Crippen LogP contribution in [-0.4, -0.2) is 33.5 Å². The lowest BCUT2D eigenvalue weighted by atomic mass is 10.2. The van der Waals surface area contributed by atoms with Crippen LogP contribution in [-0.2, 0) is 21.3 Å². The minimum atomic E-state index is -4.08. The third-order valence-corrected chi connectivity index (χ3v) is 7.40. The number of anilines is 1. The molecule has 0 unspecified atom stereocenters. The van der Waals surface area contributed by atoms with Gasteiger partial charge in [0.25, 0.3) is 10.0 Å². The van der Waals surface area contributed by atoms with Gasteiger partial charge in [0.05, 0.1) is 18.3 Å². The molecule has 1 atom stereocenters. The molecule has 2 aliphatic heterocycles. The van der Waals surface area contributed by atoms with Crippen LogP contribution < -0.4 is 9.62 Å². The van der Waals surface area contributed by atoms with Crippen LogP contribution in [0.25, 0.3) is 0 Å². The van der Waals surface area contributed by atoms with E-state index in [0.29, 0.717) is 29.3 Å². The van der Waals surface area contributed by atoms with Crippen molar-refractivity contribution >= 4 is 32.8 Å². The highest BCUT2D eigenvalue weighted by molar-refractivity contribution is 7.97. The number of carbonyl (C=O) groups excluding carboxylic acids is 1. The number of fused-ring (bicyclic) bond motifs is 1. The maximum atomic E-state index is 13.5. The standard InChI is InChI=1S/C19H19FN2O4S2/c20-14-4-1-3-13(9-14)12-22-16-6-8-27-19(16)18(23)17(28(22,24)25)11-21-10-15-5-2-7-26-15/h1,3-4,6,8-9,11,15,21H,2,5,7,10,12H2/b17-11-/t15-/m0/s1. The van der Waals surface area contributed by atoms with Gasteiger partial charge in [0.1, 0.15) is 10.7 Å². The van der Waals surface area contributed by atoms with Crippen LogP contribution >= 0.6 is 11.3 Å². The molecule has 1 aromatic carbocycles. The number of carbonyl (C=O) groups is 1. The average Bonchev–Trinajstić information content (AvgIpc) is 3.33. The van der Waals surface area contributed by atoms with Crippen molar-refractivity contribution < 1.29 is 22.3 Å². The molecule has 0 bridgehead atoms. The lowest BCUT2D eigenvalue weighted by Crippen LogP contribution is -2.39. The molecule has 1 N–H and O–H groups in total. The lowest BCUT2D eigenvalue weighted by molar-refractivity contribution is 0.104. The van der Waals surface area contributed by atoms with E-state index in [0.717, 1.165) is 17.1 Å².